The van der Waals surface area contributed by atoms with Gasteiger partial charge in [0.15, 0.2) is 0 Å². The molecule has 92 valence electrons. The van der Waals surface area contributed by atoms with Gasteiger partial charge in [0.05, 0.1) is 7.11 Å². The second-order valence-electron chi connectivity index (χ2n) is 4.54. The molecule has 1 amide bonds. The lowest BCUT2D eigenvalue weighted by Crippen LogP contribution is -2.42. The Balaban J connectivity index is 1.82. The molecule has 4 nitrogen and oxygen atoms in total. The molecule has 4 heteroatoms. The summed E-state index contributed by atoms with van der Waals surface area (Å²) >= 11 is 0. The highest BCUT2D eigenvalue weighted by molar-refractivity contribution is 5.94. The Morgan fingerprint density at radius 2 is 2.06 bits per heavy atom. The molecule has 0 unspecified atom stereocenters. The van der Waals surface area contributed by atoms with Crippen LogP contribution in [0.3, 0.4) is 0 Å². The lowest BCUT2D eigenvalue weighted by molar-refractivity contribution is 0.0935. The van der Waals surface area contributed by atoms with Crippen LogP contribution in [0.15, 0.2) is 24.3 Å². The zero-order chi connectivity index (χ0) is 12.3. The third-order valence-corrected chi connectivity index (χ3v) is 3.18. The monoisotopic (exact) mass is 234 g/mol. The molecule has 0 atom stereocenters. The number of hydrogen-bond donors (Lipinski definition) is 2. The van der Waals surface area contributed by atoms with Crippen molar-refractivity contribution in [1.82, 2.24) is 5.32 Å². The Labute approximate surface area is 101 Å². The van der Waals surface area contributed by atoms with E-state index < -0.39 is 0 Å². The van der Waals surface area contributed by atoms with E-state index in [0.29, 0.717) is 17.5 Å². The Kier molecular flexibility index (Phi) is 3.64. The lowest BCUT2D eigenvalue weighted by atomic mass is 9.81. The number of benzene rings is 1. The minimum atomic E-state index is -0.0341. The molecule has 0 heterocycles. The summed E-state index contributed by atoms with van der Waals surface area (Å²) < 4.78 is 5.04. The van der Waals surface area contributed by atoms with Crippen molar-refractivity contribution in [3.05, 3.63) is 29.8 Å². The molecular weight excluding hydrogens is 216 g/mol. The second-order valence-corrected chi connectivity index (χ2v) is 4.54. The van der Waals surface area contributed by atoms with Gasteiger partial charge in [-0.3, -0.25) is 4.79 Å². The summed E-state index contributed by atoms with van der Waals surface area (Å²) in [5, 5.41) is 2.92. The maximum absolute atomic E-state index is 11.8. The number of carbonyl (C=O) groups excluding carboxylic acids is 1. The first kappa shape index (κ1) is 11.9. The van der Waals surface area contributed by atoms with E-state index in [1.165, 1.54) is 0 Å². The van der Waals surface area contributed by atoms with Crippen LogP contribution in [-0.4, -0.2) is 25.6 Å². The SMILES string of the molecule is COc1ccc(C(=O)NCC2CC(N)C2)cc1. The van der Waals surface area contributed by atoms with Crippen LogP contribution in [0.25, 0.3) is 0 Å². The highest BCUT2D eigenvalue weighted by Crippen LogP contribution is 2.24. The molecule has 2 rings (SSSR count). The van der Waals surface area contributed by atoms with Crippen molar-refractivity contribution in [3.63, 3.8) is 0 Å². The summed E-state index contributed by atoms with van der Waals surface area (Å²) in [7, 11) is 1.61. The molecule has 1 fully saturated rings. The topological polar surface area (TPSA) is 64.3 Å². The van der Waals surface area contributed by atoms with Crippen LogP contribution < -0.4 is 15.8 Å². The van der Waals surface area contributed by atoms with Crippen LogP contribution in [0.4, 0.5) is 0 Å². The van der Waals surface area contributed by atoms with E-state index in [9.17, 15) is 4.79 Å². The smallest absolute Gasteiger partial charge is 0.251 e. The number of hydrogen-bond acceptors (Lipinski definition) is 3. The van der Waals surface area contributed by atoms with Gasteiger partial charge in [-0.25, -0.2) is 0 Å². The van der Waals surface area contributed by atoms with E-state index in [4.69, 9.17) is 10.5 Å². The molecule has 17 heavy (non-hydrogen) atoms. The van der Waals surface area contributed by atoms with Crippen molar-refractivity contribution in [2.24, 2.45) is 11.7 Å². The molecule has 0 bridgehead atoms. The third-order valence-electron chi connectivity index (χ3n) is 3.18. The van der Waals surface area contributed by atoms with Gasteiger partial charge in [0.1, 0.15) is 5.75 Å². The summed E-state index contributed by atoms with van der Waals surface area (Å²) in [5.74, 6) is 1.27. The summed E-state index contributed by atoms with van der Waals surface area (Å²) in [6, 6.07) is 7.43. The quantitative estimate of drug-likeness (QED) is 0.821. The van der Waals surface area contributed by atoms with Crippen molar-refractivity contribution in [2.75, 3.05) is 13.7 Å². The molecule has 1 saturated carbocycles. The van der Waals surface area contributed by atoms with E-state index in [-0.39, 0.29) is 5.91 Å². The number of nitrogens with one attached hydrogen (secondary N) is 1. The van der Waals surface area contributed by atoms with Gasteiger partial charge in [0.2, 0.25) is 0 Å². The predicted octanol–water partition coefficient (Wildman–Crippen LogP) is 1.16. The number of carbonyl (C=O) groups is 1. The Morgan fingerprint density at radius 3 is 2.59 bits per heavy atom. The molecule has 1 aromatic carbocycles. The van der Waals surface area contributed by atoms with Crippen molar-refractivity contribution in [1.29, 1.82) is 0 Å². The van der Waals surface area contributed by atoms with E-state index in [1.807, 2.05) is 0 Å². The first-order valence-electron chi connectivity index (χ1n) is 5.87. The van der Waals surface area contributed by atoms with E-state index >= 15 is 0 Å². The fraction of sp³-hybridized carbons (Fsp3) is 0.462. The van der Waals surface area contributed by atoms with E-state index in [2.05, 4.69) is 5.32 Å². The zero-order valence-electron chi connectivity index (χ0n) is 9.98. The minimum Gasteiger partial charge on any atom is -0.497 e. The minimum absolute atomic E-state index is 0.0341. The molecule has 1 aliphatic rings. The molecule has 0 aromatic heterocycles. The average molecular weight is 234 g/mol. The third kappa shape index (κ3) is 2.97. The number of nitrogens with two attached hydrogens (primary N) is 1. The Morgan fingerprint density at radius 1 is 1.41 bits per heavy atom. The normalized spacial score (nSPS) is 22.7. The number of rotatable bonds is 4. The van der Waals surface area contributed by atoms with Gasteiger partial charge >= 0.3 is 0 Å². The second kappa shape index (κ2) is 5.19. The fourth-order valence-corrected chi connectivity index (χ4v) is 2.04. The van der Waals surface area contributed by atoms with Crippen LogP contribution in [0, 0.1) is 5.92 Å². The fourth-order valence-electron chi connectivity index (χ4n) is 2.04. The predicted molar refractivity (Wildman–Crippen MR) is 66.0 cm³/mol. The molecule has 0 aliphatic heterocycles. The molecule has 1 aliphatic carbocycles. The Hall–Kier alpha value is -1.55. The summed E-state index contributed by atoms with van der Waals surface area (Å²) in [4.78, 5) is 11.8. The van der Waals surface area contributed by atoms with Gasteiger partial charge in [-0.2, -0.15) is 0 Å². The van der Waals surface area contributed by atoms with Crippen molar-refractivity contribution < 1.29 is 9.53 Å². The molecule has 0 saturated heterocycles. The largest absolute Gasteiger partial charge is 0.497 e. The van der Waals surface area contributed by atoms with Crippen LogP contribution in [0.1, 0.15) is 23.2 Å². The number of methoxy groups -OCH3 is 1. The number of ether oxygens (including phenoxy) is 1. The Bertz CT molecular complexity index is 383. The standard InChI is InChI=1S/C13H18N2O2/c1-17-12-4-2-10(3-5-12)13(16)15-8-9-6-11(14)7-9/h2-5,9,11H,6-8,14H2,1H3,(H,15,16). The van der Waals surface area contributed by atoms with Crippen LogP contribution in [-0.2, 0) is 0 Å². The van der Waals surface area contributed by atoms with Crippen LogP contribution in [0.5, 0.6) is 5.75 Å². The van der Waals surface area contributed by atoms with Crippen molar-refractivity contribution in [3.8, 4) is 5.75 Å². The van der Waals surface area contributed by atoms with Gasteiger partial charge in [-0.15, -0.1) is 0 Å². The van der Waals surface area contributed by atoms with Crippen LogP contribution >= 0.6 is 0 Å². The van der Waals surface area contributed by atoms with Gasteiger partial charge in [-0.05, 0) is 43.0 Å². The summed E-state index contributed by atoms with van der Waals surface area (Å²) in [6.07, 6.45) is 2.03. The van der Waals surface area contributed by atoms with Crippen LogP contribution in [0.2, 0.25) is 0 Å². The lowest BCUT2D eigenvalue weighted by Gasteiger charge is -2.32. The maximum atomic E-state index is 11.8. The zero-order valence-corrected chi connectivity index (χ0v) is 9.98. The first-order valence-corrected chi connectivity index (χ1v) is 5.87. The van der Waals surface area contributed by atoms with Crippen molar-refractivity contribution >= 4 is 5.91 Å². The van der Waals surface area contributed by atoms with Gasteiger partial charge in [-0.1, -0.05) is 0 Å². The highest BCUT2D eigenvalue weighted by atomic mass is 16.5. The average Bonchev–Trinajstić information content (AvgIpc) is 2.33. The van der Waals surface area contributed by atoms with E-state index in [0.717, 1.165) is 25.1 Å². The molecular formula is C13H18N2O2. The van der Waals surface area contributed by atoms with Gasteiger partial charge in [0.25, 0.3) is 5.91 Å². The molecule has 0 radical (unpaired) electrons. The van der Waals surface area contributed by atoms with E-state index in [1.54, 1.807) is 31.4 Å². The number of amides is 1. The van der Waals surface area contributed by atoms with Gasteiger partial charge < -0.3 is 15.8 Å². The molecule has 3 N–H and O–H groups in total. The summed E-state index contributed by atoms with van der Waals surface area (Å²) in [6.45, 7) is 0.721. The summed E-state index contributed by atoms with van der Waals surface area (Å²) in [5.41, 5.74) is 6.35. The molecule has 1 aromatic rings. The highest BCUT2D eigenvalue weighted by Gasteiger charge is 2.25. The maximum Gasteiger partial charge on any atom is 0.251 e. The van der Waals surface area contributed by atoms with Crippen molar-refractivity contribution in [2.45, 2.75) is 18.9 Å². The molecule has 0 spiro atoms. The first-order chi connectivity index (χ1) is 8.19. The van der Waals surface area contributed by atoms with Gasteiger partial charge in [0, 0.05) is 18.2 Å².